The molecule has 0 radical (unpaired) electrons. The molecule has 2 aromatic rings. The average Bonchev–Trinajstić information content (AvgIpc) is 3.23. The molecule has 0 saturated carbocycles. The fourth-order valence-corrected chi connectivity index (χ4v) is 4.51. The van der Waals surface area contributed by atoms with Crippen molar-refractivity contribution < 1.29 is 18.0 Å². The maximum atomic E-state index is 12.5. The summed E-state index contributed by atoms with van der Waals surface area (Å²) in [4.78, 5) is 17.4. The molecule has 1 N–H and O–H groups in total. The Labute approximate surface area is 160 Å². The number of carbonyl (C=O) groups is 1. The van der Waals surface area contributed by atoms with Gasteiger partial charge in [-0.15, -0.1) is 0 Å². The summed E-state index contributed by atoms with van der Waals surface area (Å²) in [7, 11) is -3.39. The van der Waals surface area contributed by atoms with E-state index in [1.807, 2.05) is 30.3 Å². The monoisotopic (exact) mass is 388 g/mol. The molecule has 144 valence electrons. The second-order valence-electron chi connectivity index (χ2n) is 6.55. The fraction of sp³-hybridized carbons (Fsp3) is 0.350. The molecule has 1 fully saturated rings. The number of hydrogen-bond acceptors (Lipinski definition) is 4. The second-order valence-corrected chi connectivity index (χ2v) is 8.49. The standard InChI is InChI=1S/C20H24N2O4S/c23-20(21-26-16-18-6-2-1-3-7-18)13-10-17-8-11-19(12-9-17)27(24,25)22-14-4-5-15-22/h1-3,6-9,11-12H,4-5,10,13-16H2,(H,21,23). The second kappa shape index (κ2) is 9.12. The molecule has 0 spiro atoms. The van der Waals surface area contributed by atoms with Crippen LogP contribution in [0.5, 0.6) is 0 Å². The lowest BCUT2D eigenvalue weighted by Crippen LogP contribution is -2.27. The van der Waals surface area contributed by atoms with Crippen LogP contribution in [0.4, 0.5) is 0 Å². The Morgan fingerprint density at radius 1 is 0.963 bits per heavy atom. The first kappa shape index (κ1) is 19.5. The summed E-state index contributed by atoms with van der Waals surface area (Å²) in [5.74, 6) is -0.209. The summed E-state index contributed by atoms with van der Waals surface area (Å²) in [5.41, 5.74) is 4.32. The lowest BCUT2D eigenvalue weighted by atomic mass is 10.1. The van der Waals surface area contributed by atoms with Gasteiger partial charge in [-0.3, -0.25) is 9.63 Å². The van der Waals surface area contributed by atoms with Gasteiger partial charge < -0.3 is 0 Å². The molecule has 0 unspecified atom stereocenters. The van der Waals surface area contributed by atoms with Gasteiger partial charge in [-0.1, -0.05) is 42.5 Å². The predicted octanol–water partition coefficient (Wildman–Crippen LogP) is 2.65. The lowest BCUT2D eigenvalue weighted by Gasteiger charge is -2.15. The Kier molecular flexibility index (Phi) is 6.60. The minimum Gasteiger partial charge on any atom is -0.273 e. The van der Waals surface area contributed by atoms with Crippen LogP contribution in [0, 0.1) is 0 Å². The average molecular weight is 388 g/mol. The van der Waals surface area contributed by atoms with Crippen LogP contribution in [-0.2, 0) is 32.7 Å². The van der Waals surface area contributed by atoms with E-state index < -0.39 is 10.0 Å². The van der Waals surface area contributed by atoms with E-state index >= 15 is 0 Å². The van der Waals surface area contributed by atoms with Crippen molar-refractivity contribution in [1.82, 2.24) is 9.79 Å². The number of hydroxylamine groups is 1. The summed E-state index contributed by atoms with van der Waals surface area (Å²) >= 11 is 0. The van der Waals surface area contributed by atoms with E-state index in [-0.39, 0.29) is 12.3 Å². The van der Waals surface area contributed by atoms with Gasteiger partial charge in [0.2, 0.25) is 15.9 Å². The number of hydrogen-bond donors (Lipinski definition) is 1. The van der Waals surface area contributed by atoms with Crippen LogP contribution in [0.3, 0.4) is 0 Å². The molecule has 1 saturated heterocycles. The first-order valence-corrected chi connectivity index (χ1v) is 10.5. The molecule has 0 aliphatic carbocycles. The first-order chi connectivity index (χ1) is 13.1. The Hall–Kier alpha value is -2.22. The molecular formula is C20H24N2O4S. The van der Waals surface area contributed by atoms with Crippen LogP contribution in [0.2, 0.25) is 0 Å². The Morgan fingerprint density at radius 2 is 1.63 bits per heavy atom. The quantitative estimate of drug-likeness (QED) is 0.706. The summed E-state index contributed by atoms with van der Waals surface area (Å²) in [6.45, 7) is 1.50. The summed E-state index contributed by atoms with van der Waals surface area (Å²) in [5, 5.41) is 0. The van der Waals surface area contributed by atoms with E-state index in [1.54, 1.807) is 24.3 Å². The molecule has 1 aliphatic rings. The number of amides is 1. The van der Waals surface area contributed by atoms with E-state index in [0.717, 1.165) is 24.0 Å². The number of rotatable bonds is 8. The van der Waals surface area contributed by atoms with Gasteiger partial charge in [-0.2, -0.15) is 4.31 Å². The van der Waals surface area contributed by atoms with Crippen LogP contribution >= 0.6 is 0 Å². The van der Waals surface area contributed by atoms with E-state index in [2.05, 4.69) is 5.48 Å². The molecule has 27 heavy (non-hydrogen) atoms. The third kappa shape index (κ3) is 5.38. The summed E-state index contributed by atoms with van der Waals surface area (Å²) in [6, 6.07) is 16.3. The minimum atomic E-state index is -3.39. The van der Waals surface area contributed by atoms with Gasteiger partial charge in [0.25, 0.3) is 0 Å². The molecule has 1 amide bonds. The van der Waals surface area contributed by atoms with Crippen LogP contribution in [-0.4, -0.2) is 31.7 Å². The highest BCUT2D eigenvalue weighted by atomic mass is 32.2. The molecule has 0 aromatic heterocycles. The van der Waals surface area contributed by atoms with Gasteiger partial charge >= 0.3 is 0 Å². The van der Waals surface area contributed by atoms with Crippen molar-refractivity contribution in [2.75, 3.05) is 13.1 Å². The van der Waals surface area contributed by atoms with Crippen molar-refractivity contribution in [3.05, 3.63) is 65.7 Å². The first-order valence-electron chi connectivity index (χ1n) is 9.09. The molecule has 0 bridgehead atoms. The van der Waals surface area contributed by atoms with Crippen molar-refractivity contribution in [1.29, 1.82) is 0 Å². The zero-order chi connectivity index (χ0) is 19.1. The molecule has 7 heteroatoms. The smallest absolute Gasteiger partial charge is 0.243 e. The number of nitrogens with zero attached hydrogens (tertiary/aromatic N) is 1. The van der Waals surface area contributed by atoms with Gasteiger partial charge in [-0.05, 0) is 42.5 Å². The zero-order valence-corrected chi connectivity index (χ0v) is 16.0. The van der Waals surface area contributed by atoms with E-state index in [4.69, 9.17) is 4.84 Å². The summed E-state index contributed by atoms with van der Waals surface area (Å²) < 4.78 is 26.5. The van der Waals surface area contributed by atoms with E-state index in [1.165, 1.54) is 4.31 Å². The molecule has 0 atom stereocenters. The van der Waals surface area contributed by atoms with Crippen LogP contribution in [0.25, 0.3) is 0 Å². The van der Waals surface area contributed by atoms with Crippen molar-refractivity contribution >= 4 is 15.9 Å². The number of nitrogens with one attached hydrogen (secondary N) is 1. The molecule has 1 aliphatic heterocycles. The zero-order valence-electron chi connectivity index (χ0n) is 15.1. The predicted molar refractivity (Wildman–Crippen MR) is 102 cm³/mol. The largest absolute Gasteiger partial charge is 0.273 e. The number of benzene rings is 2. The number of carbonyl (C=O) groups excluding carboxylic acids is 1. The van der Waals surface area contributed by atoms with E-state index in [0.29, 0.717) is 31.0 Å². The minimum absolute atomic E-state index is 0.209. The topological polar surface area (TPSA) is 75.7 Å². The number of aryl methyl sites for hydroxylation is 1. The molecule has 2 aromatic carbocycles. The lowest BCUT2D eigenvalue weighted by molar-refractivity contribution is -0.134. The van der Waals surface area contributed by atoms with Gasteiger partial charge in [0.1, 0.15) is 0 Å². The maximum Gasteiger partial charge on any atom is 0.243 e. The van der Waals surface area contributed by atoms with Crippen molar-refractivity contribution in [2.24, 2.45) is 0 Å². The van der Waals surface area contributed by atoms with Crippen LogP contribution in [0.1, 0.15) is 30.4 Å². The SMILES string of the molecule is O=C(CCc1ccc(S(=O)(=O)N2CCCC2)cc1)NOCc1ccccc1. The highest BCUT2D eigenvalue weighted by molar-refractivity contribution is 7.89. The highest BCUT2D eigenvalue weighted by Crippen LogP contribution is 2.21. The van der Waals surface area contributed by atoms with Gasteiger partial charge in [0.15, 0.2) is 0 Å². The fourth-order valence-electron chi connectivity index (χ4n) is 2.99. The van der Waals surface area contributed by atoms with Crippen molar-refractivity contribution in [3.8, 4) is 0 Å². The summed E-state index contributed by atoms with van der Waals surface area (Å²) in [6.07, 6.45) is 2.62. The van der Waals surface area contributed by atoms with E-state index in [9.17, 15) is 13.2 Å². The molecular weight excluding hydrogens is 364 g/mol. The van der Waals surface area contributed by atoms with Crippen molar-refractivity contribution in [3.63, 3.8) is 0 Å². The molecule has 6 nitrogen and oxygen atoms in total. The van der Waals surface area contributed by atoms with Crippen LogP contribution in [0.15, 0.2) is 59.5 Å². The molecule has 3 rings (SSSR count). The van der Waals surface area contributed by atoms with Gasteiger partial charge in [-0.25, -0.2) is 13.9 Å². The highest BCUT2D eigenvalue weighted by Gasteiger charge is 2.26. The van der Waals surface area contributed by atoms with Crippen molar-refractivity contribution in [2.45, 2.75) is 37.2 Å². The third-order valence-electron chi connectivity index (χ3n) is 4.53. The van der Waals surface area contributed by atoms with Gasteiger partial charge in [0.05, 0.1) is 11.5 Å². The third-order valence-corrected chi connectivity index (χ3v) is 6.45. The molecule has 1 heterocycles. The normalized spacial score (nSPS) is 15.0. The number of sulfonamides is 1. The Bertz CT molecular complexity index is 845. The van der Waals surface area contributed by atoms with Gasteiger partial charge in [0, 0.05) is 19.5 Å². The maximum absolute atomic E-state index is 12.5. The van der Waals surface area contributed by atoms with Crippen LogP contribution < -0.4 is 5.48 Å². The Morgan fingerprint density at radius 3 is 2.30 bits per heavy atom. The Balaban J connectivity index is 1.45.